The summed E-state index contributed by atoms with van der Waals surface area (Å²) in [6, 6.07) is 11.2. The van der Waals surface area contributed by atoms with E-state index in [0.717, 1.165) is 22.4 Å². The number of methoxy groups -OCH3 is 1. The third-order valence-corrected chi connectivity index (χ3v) is 5.83. The molecule has 2 unspecified atom stereocenters. The predicted molar refractivity (Wildman–Crippen MR) is 110 cm³/mol. The molecule has 1 aliphatic rings. The summed E-state index contributed by atoms with van der Waals surface area (Å²) in [5.74, 6) is 1.84. The van der Waals surface area contributed by atoms with Gasteiger partial charge in [0, 0.05) is 5.75 Å². The molecule has 3 rings (SSSR count). The van der Waals surface area contributed by atoms with E-state index < -0.39 is 12.0 Å². The van der Waals surface area contributed by atoms with Crippen LogP contribution in [0.25, 0.3) is 0 Å². The second kappa shape index (κ2) is 9.21. The van der Waals surface area contributed by atoms with Crippen molar-refractivity contribution in [2.24, 2.45) is 0 Å². The topological polar surface area (TPSA) is 77.0 Å². The Morgan fingerprint density at radius 3 is 2.50 bits per heavy atom. The Balaban J connectivity index is 1.62. The van der Waals surface area contributed by atoms with Crippen molar-refractivity contribution in [2.45, 2.75) is 25.3 Å². The van der Waals surface area contributed by atoms with Gasteiger partial charge in [0.2, 0.25) is 0 Å². The molecule has 6 nitrogen and oxygen atoms in total. The van der Waals surface area contributed by atoms with Gasteiger partial charge in [-0.25, -0.2) is 0 Å². The van der Waals surface area contributed by atoms with E-state index in [2.05, 4.69) is 5.32 Å². The molecule has 28 heavy (non-hydrogen) atoms. The van der Waals surface area contributed by atoms with E-state index in [9.17, 15) is 4.79 Å². The first-order valence-corrected chi connectivity index (χ1v) is 10.1. The fourth-order valence-corrected chi connectivity index (χ4v) is 4.32. The molecule has 0 aliphatic carbocycles. The van der Waals surface area contributed by atoms with Gasteiger partial charge in [-0.3, -0.25) is 10.1 Å². The molecule has 0 aromatic heterocycles. The minimum atomic E-state index is -0.830. The molecule has 1 fully saturated rings. The van der Waals surface area contributed by atoms with Gasteiger partial charge >= 0.3 is 5.97 Å². The second-order valence-corrected chi connectivity index (χ2v) is 7.74. The SMILES string of the molecule is COc1ccc(C2NC(C(=O)O)CS2)cc1OCCOc1c(C)cccc1C. The summed E-state index contributed by atoms with van der Waals surface area (Å²) in [6.45, 7) is 4.83. The Morgan fingerprint density at radius 1 is 1.14 bits per heavy atom. The lowest BCUT2D eigenvalue weighted by Gasteiger charge is -2.16. The van der Waals surface area contributed by atoms with E-state index in [4.69, 9.17) is 19.3 Å². The van der Waals surface area contributed by atoms with Crippen molar-refractivity contribution >= 4 is 17.7 Å². The van der Waals surface area contributed by atoms with Crippen LogP contribution in [0.15, 0.2) is 36.4 Å². The standard InChI is InChI=1S/C21H25NO5S/c1-13-5-4-6-14(2)19(13)27-10-9-26-18-11-15(7-8-17(18)25-3)20-22-16(12-28-20)21(23)24/h4-8,11,16,20,22H,9-10,12H2,1-3H3,(H,23,24). The lowest BCUT2D eigenvalue weighted by atomic mass is 10.1. The van der Waals surface area contributed by atoms with Crippen LogP contribution in [0.1, 0.15) is 22.1 Å². The summed E-state index contributed by atoms with van der Waals surface area (Å²) in [5, 5.41) is 12.2. The van der Waals surface area contributed by atoms with Gasteiger partial charge in [0.25, 0.3) is 0 Å². The molecular formula is C21H25NO5S. The van der Waals surface area contributed by atoms with Gasteiger partial charge < -0.3 is 19.3 Å². The monoisotopic (exact) mass is 403 g/mol. The Bertz CT molecular complexity index is 821. The van der Waals surface area contributed by atoms with Gasteiger partial charge in [0.1, 0.15) is 25.0 Å². The maximum Gasteiger partial charge on any atom is 0.321 e. The van der Waals surface area contributed by atoms with Crippen LogP contribution in [0.3, 0.4) is 0 Å². The van der Waals surface area contributed by atoms with Crippen LogP contribution in [-0.2, 0) is 4.79 Å². The molecule has 150 valence electrons. The van der Waals surface area contributed by atoms with Gasteiger partial charge in [-0.2, -0.15) is 0 Å². The highest BCUT2D eigenvalue weighted by atomic mass is 32.2. The van der Waals surface area contributed by atoms with Crippen molar-refractivity contribution in [1.29, 1.82) is 0 Å². The number of carbonyl (C=O) groups is 1. The van der Waals surface area contributed by atoms with Crippen molar-refractivity contribution in [1.82, 2.24) is 5.32 Å². The molecule has 2 aromatic rings. The zero-order chi connectivity index (χ0) is 20.1. The molecule has 2 N–H and O–H groups in total. The Hall–Kier alpha value is -2.38. The number of carboxylic acids is 1. The smallest absolute Gasteiger partial charge is 0.321 e. The summed E-state index contributed by atoms with van der Waals surface area (Å²) in [7, 11) is 1.60. The Labute approximate surface area is 169 Å². The highest BCUT2D eigenvalue weighted by molar-refractivity contribution is 7.99. The number of para-hydroxylation sites is 1. The number of aliphatic carboxylic acids is 1. The second-order valence-electron chi connectivity index (χ2n) is 6.60. The van der Waals surface area contributed by atoms with Crippen LogP contribution in [0.4, 0.5) is 0 Å². The fraction of sp³-hybridized carbons (Fsp3) is 0.381. The van der Waals surface area contributed by atoms with Crippen LogP contribution in [0, 0.1) is 13.8 Å². The van der Waals surface area contributed by atoms with Crippen LogP contribution in [0.5, 0.6) is 17.2 Å². The van der Waals surface area contributed by atoms with E-state index in [1.165, 1.54) is 0 Å². The van der Waals surface area contributed by atoms with Gasteiger partial charge in [-0.15, -0.1) is 11.8 Å². The Morgan fingerprint density at radius 2 is 1.86 bits per heavy atom. The maximum atomic E-state index is 11.2. The summed E-state index contributed by atoms with van der Waals surface area (Å²) in [5.41, 5.74) is 3.15. The fourth-order valence-electron chi connectivity index (χ4n) is 3.10. The molecule has 7 heteroatoms. The highest BCUT2D eigenvalue weighted by Crippen LogP contribution is 2.37. The van der Waals surface area contributed by atoms with Crippen LogP contribution in [0.2, 0.25) is 0 Å². The third kappa shape index (κ3) is 4.72. The molecule has 1 saturated heterocycles. The first-order valence-electron chi connectivity index (χ1n) is 9.10. The van der Waals surface area contributed by atoms with Crippen molar-refractivity contribution in [3.8, 4) is 17.2 Å². The van der Waals surface area contributed by atoms with E-state index in [1.807, 2.05) is 50.2 Å². The minimum Gasteiger partial charge on any atom is -0.493 e. The van der Waals surface area contributed by atoms with Gasteiger partial charge in [-0.1, -0.05) is 24.3 Å². The molecule has 0 bridgehead atoms. The summed E-state index contributed by atoms with van der Waals surface area (Å²) in [6.07, 6.45) is 0. The number of aryl methyl sites for hydroxylation is 2. The molecular weight excluding hydrogens is 378 g/mol. The van der Waals surface area contributed by atoms with Crippen molar-refractivity contribution < 1.29 is 24.1 Å². The molecule has 0 saturated carbocycles. The lowest BCUT2D eigenvalue weighted by molar-refractivity contribution is -0.138. The normalized spacial score (nSPS) is 18.7. The number of carboxylic acid groups (broad SMARTS) is 1. The number of hydrogen-bond donors (Lipinski definition) is 2. The maximum absolute atomic E-state index is 11.2. The van der Waals surface area contributed by atoms with E-state index in [-0.39, 0.29) is 5.37 Å². The summed E-state index contributed by atoms with van der Waals surface area (Å²) in [4.78, 5) is 11.2. The molecule has 2 aromatic carbocycles. The molecule has 1 aliphatic heterocycles. The Kier molecular flexibility index (Phi) is 6.70. The molecule has 0 spiro atoms. The lowest BCUT2D eigenvalue weighted by Crippen LogP contribution is -2.33. The highest BCUT2D eigenvalue weighted by Gasteiger charge is 2.30. The molecule has 2 atom stereocenters. The third-order valence-electron chi connectivity index (χ3n) is 4.57. The summed E-state index contributed by atoms with van der Waals surface area (Å²) >= 11 is 1.57. The number of nitrogens with one attached hydrogen (secondary N) is 1. The largest absolute Gasteiger partial charge is 0.493 e. The van der Waals surface area contributed by atoms with Gasteiger partial charge in [-0.05, 0) is 42.7 Å². The van der Waals surface area contributed by atoms with Crippen LogP contribution in [-0.4, -0.2) is 43.2 Å². The van der Waals surface area contributed by atoms with Crippen LogP contribution < -0.4 is 19.5 Å². The first kappa shape index (κ1) is 20.4. The summed E-state index contributed by atoms with van der Waals surface area (Å²) < 4.78 is 17.2. The van der Waals surface area contributed by atoms with Gasteiger partial charge in [0.15, 0.2) is 11.5 Å². The van der Waals surface area contributed by atoms with E-state index in [0.29, 0.717) is 30.5 Å². The van der Waals surface area contributed by atoms with Gasteiger partial charge in [0.05, 0.1) is 12.5 Å². The van der Waals surface area contributed by atoms with Crippen molar-refractivity contribution in [2.75, 3.05) is 26.1 Å². The zero-order valence-corrected chi connectivity index (χ0v) is 17.0. The molecule has 0 radical (unpaired) electrons. The minimum absolute atomic E-state index is 0.0831. The first-order chi connectivity index (χ1) is 13.5. The average molecular weight is 404 g/mol. The number of ether oxygens (including phenoxy) is 3. The number of benzene rings is 2. The number of rotatable bonds is 8. The number of thioether (sulfide) groups is 1. The van der Waals surface area contributed by atoms with E-state index >= 15 is 0 Å². The quantitative estimate of drug-likeness (QED) is 0.653. The zero-order valence-electron chi connectivity index (χ0n) is 16.2. The predicted octanol–water partition coefficient (Wildman–Crippen LogP) is 3.56. The molecule has 1 heterocycles. The number of hydrogen-bond acceptors (Lipinski definition) is 6. The van der Waals surface area contributed by atoms with E-state index in [1.54, 1.807) is 18.9 Å². The van der Waals surface area contributed by atoms with Crippen LogP contribution >= 0.6 is 11.8 Å². The van der Waals surface area contributed by atoms with Crippen molar-refractivity contribution in [3.05, 3.63) is 53.1 Å². The molecule has 0 amide bonds. The average Bonchev–Trinajstić information content (AvgIpc) is 3.17. The van der Waals surface area contributed by atoms with Crippen molar-refractivity contribution in [3.63, 3.8) is 0 Å².